The quantitative estimate of drug-likeness (QED) is 0.726. The third-order valence-electron chi connectivity index (χ3n) is 2.18. The molecule has 0 radical (unpaired) electrons. The Morgan fingerprint density at radius 2 is 2.20 bits per heavy atom. The second-order valence-electron chi connectivity index (χ2n) is 3.22. The SMILES string of the molecule is CC/C(C#N)=C(/Cl)c1ccc(C)c(Br)c1. The molecule has 0 N–H and O–H groups in total. The van der Waals surface area contributed by atoms with E-state index in [1.165, 1.54) is 0 Å². The minimum absolute atomic E-state index is 0.542. The molecule has 0 aromatic heterocycles. The minimum Gasteiger partial charge on any atom is -0.193 e. The van der Waals surface area contributed by atoms with Gasteiger partial charge in [-0.25, -0.2) is 0 Å². The Morgan fingerprint density at radius 3 is 2.67 bits per heavy atom. The van der Waals surface area contributed by atoms with E-state index in [2.05, 4.69) is 22.0 Å². The van der Waals surface area contributed by atoms with Gasteiger partial charge in [0.05, 0.1) is 11.1 Å². The summed E-state index contributed by atoms with van der Waals surface area (Å²) in [4.78, 5) is 0. The van der Waals surface area contributed by atoms with Crippen LogP contribution < -0.4 is 0 Å². The summed E-state index contributed by atoms with van der Waals surface area (Å²) in [6, 6.07) is 7.96. The number of nitrogens with zero attached hydrogens (tertiary/aromatic N) is 1. The van der Waals surface area contributed by atoms with Gasteiger partial charge >= 0.3 is 0 Å². The first-order valence-corrected chi connectivity index (χ1v) is 5.82. The first-order chi connectivity index (χ1) is 7.10. The molecule has 0 aliphatic carbocycles. The maximum Gasteiger partial charge on any atom is 0.0962 e. The summed E-state index contributed by atoms with van der Waals surface area (Å²) < 4.78 is 1.01. The van der Waals surface area contributed by atoms with Crippen LogP contribution in [0.5, 0.6) is 0 Å². The van der Waals surface area contributed by atoms with Crippen LogP contribution in [0.1, 0.15) is 24.5 Å². The van der Waals surface area contributed by atoms with E-state index in [4.69, 9.17) is 16.9 Å². The van der Waals surface area contributed by atoms with Crippen LogP contribution >= 0.6 is 27.5 Å². The van der Waals surface area contributed by atoms with Gasteiger partial charge < -0.3 is 0 Å². The number of nitriles is 1. The summed E-state index contributed by atoms with van der Waals surface area (Å²) in [5.74, 6) is 0. The van der Waals surface area contributed by atoms with Crippen LogP contribution in [0, 0.1) is 18.3 Å². The van der Waals surface area contributed by atoms with Crippen molar-refractivity contribution in [3.05, 3.63) is 39.4 Å². The Bertz CT molecular complexity index is 443. The Morgan fingerprint density at radius 1 is 1.53 bits per heavy atom. The molecule has 0 unspecified atom stereocenters. The van der Waals surface area contributed by atoms with E-state index >= 15 is 0 Å². The number of benzene rings is 1. The molecule has 78 valence electrons. The average molecular weight is 285 g/mol. The minimum atomic E-state index is 0.542. The van der Waals surface area contributed by atoms with Crippen molar-refractivity contribution in [1.29, 1.82) is 5.26 Å². The fourth-order valence-corrected chi connectivity index (χ4v) is 1.86. The van der Waals surface area contributed by atoms with Gasteiger partial charge in [-0.1, -0.05) is 46.6 Å². The first-order valence-electron chi connectivity index (χ1n) is 4.65. The Balaban J connectivity index is 3.24. The molecular formula is C12H11BrClN. The third-order valence-corrected chi connectivity index (χ3v) is 3.48. The molecule has 0 fully saturated rings. The number of halogens is 2. The standard InChI is InChI=1S/C12H11BrClN/c1-3-9(7-15)12(14)10-5-4-8(2)11(13)6-10/h4-6H,3H2,1-2H3/b12-9-. The van der Waals surface area contributed by atoms with Crippen molar-refractivity contribution in [3.63, 3.8) is 0 Å². The van der Waals surface area contributed by atoms with Crippen molar-refractivity contribution < 1.29 is 0 Å². The zero-order valence-corrected chi connectivity index (χ0v) is 11.0. The summed E-state index contributed by atoms with van der Waals surface area (Å²) >= 11 is 9.58. The summed E-state index contributed by atoms with van der Waals surface area (Å²) in [6.07, 6.45) is 0.654. The number of rotatable bonds is 2. The zero-order valence-electron chi connectivity index (χ0n) is 8.64. The molecule has 1 nitrogen and oxygen atoms in total. The van der Waals surface area contributed by atoms with Crippen LogP contribution in [-0.2, 0) is 0 Å². The predicted molar refractivity (Wildman–Crippen MR) is 67.6 cm³/mol. The maximum absolute atomic E-state index is 8.88. The molecule has 0 spiro atoms. The largest absolute Gasteiger partial charge is 0.193 e. The van der Waals surface area contributed by atoms with Crippen molar-refractivity contribution >= 4 is 32.6 Å². The molecule has 0 saturated heterocycles. The average Bonchev–Trinajstić information content (AvgIpc) is 2.23. The molecule has 0 amide bonds. The van der Waals surface area contributed by atoms with Crippen molar-refractivity contribution in [2.75, 3.05) is 0 Å². The van der Waals surface area contributed by atoms with Gasteiger partial charge in [-0.3, -0.25) is 0 Å². The summed E-state index contributed by atoms with van der Waals surface area (Å²) in [6.45, 7) is 3.93. The molecule has 1 aromatic rings. The molecule has 0 bridgehead atoms. The molecule has 0 atom stereocenters. The molecular weight excluding hydrogens is 273 g/mol. The molecule has 0 heterocycles. The molecule has 0 saturated carbocycles. The number of hydrogen-bond acceptors (Lipinski definition) is 1. The Labute approximate surface area is 103 Å². The van der Waals surface area contributed by atoms with E-state index in [1.807, 2.05) is 32.0 Å². The fraction of sp³-hybridized carbons (Fsp3) is 0.250. The number of allylic oxidation sites excluding steroid dienone is 1. The van der Waals surface area contributed by atoms with Gasteiger partial charge in [0.1, 0.15) is 0 Å². The van der Waals surface area contributed by atoms with Crippen molar-refractivity contribution in [3.8, 4) is 6.07 Å². The van der Waals surface area contributed by atoms with Crippen LogP contribution in [0.3, 0.4) is 0 Å². The molecule has 1 rings (SSSR count). The van der Waals surface area contributed by atoms with Crippen LogP contribution in [0.25, 0.3) is 5.03 Å². The smallest absolute Gasteiger partial charge is 0.0962 e. The highest BCUT2D eigenvalue weighted by atomic mass is 79.9. The normalized spacial score (nSPS) is 11.9. The Kier molecular flexibility index (Phi) is 4.38. The highest BCUT2D eigenvalue weighted by molar-refractivity contribution is 9.10. The van der Waals surface area contributed by atoms with Gasteiger partial charge in [0, 0.05) is 10.0 Å². The monoisotopic (exact) mass is 283 g/mol. The molecule has 0 aliphatic heterocycles. The van der Waals surface area contributed by atoms with Gasteiger partial charge in [0.2, 0.25) is 0 Å². The lowest BCUT2D eigenvalue weighted by Crippen LogP contribution is -1.85. The highest BCUT2D eigenvalue weighted by Gasteiger charge is 2.06. The van der Waals surface area contributed by atoms with Crippen LogP contribution in [0.15, 0.2) is 28.2 Å². The van der Waals surface area contributed by atoms with Crippen LogP contribution in [-0.4, -0.2) is 0 Å². The number of hydrogen-bond donors (Lipinski definition) is 0. The van der Waals surface area contributed by atoms with Crippen LogP contribution in [0.4, 0.5) is 0 Å². The van der Waals surface area contributed by atoms with Gasteiger partial charge in [0.15, 0.2) is 0 Å². The lowest BCUT2D eigenvalue weighted by Gasteiger charge is -2.04. The lowest BCUT2D eigenvalue weighted by atomic mass is 10.1. The highest BCUT2D eigenvalue weighted by Crippen LogP contribution is 2.28. The second-order valence-corrected chi connectivity index (χ2v) is 4.45. The summed E-state index contributed by atoms with van der Waals surface area (Å²) in [7, 11) is 0. The van der Waals surface area contributed by atoms with Crippen molar-refractivity contribution in [2.24, 2.45) is 0 Å². The van der Waals surface area contributed by atoms with E-state index in [0.29, 0.717) is 17.0 Å². The summed E-state index contributed by atoms with van der Waals surface area (Å²) in [5.41, 5.74) is 2.65. The van der Waals surface area contributed by atoms with Crippen molar-refractivity contribution in [1.82, 2.24) is 0 Å². The molecule has 0 aliphatic rings. The summed E-state index contributed by atoms with van der Waals surface area (Å²) in [5, 5.41) is 9.42. The van der Waals surface area contributed by atoms with E-state index in [1.54, 1.807) is 0 Å². The fourth-order valence-electron chi connectivity index (χ4n) is 1.19. The van der Waals surface area contributed by atoms with Gasteiger partial charge in [-0.15, -0.1) is 0 Å². The van der Waals surface area contributed by atoms with Gasteiger partial charge in [0.25, 0.3) is 0 Å². The van der Waals surface area contributed by atoms with E-state index in [-0.39, 0.29) is 0 Å². The topological polar surface area (TPSA) is 23.8 Å². The van der Waals surface area contributed by atoms with E-state index in [0.717, 1.165) is 15.6 Å². The number of aryl methyl sites for hydroxylation is 1. The first kappa shape index (κ1) is 12.3. The van der Waals surface area contributed by atoms with Gasteiger partial charge in [-0.2, -0.15) is 5.26 Å². The Hall–Kier alpha value is -0.780. The lowest BCUT2D eigenvalue weighted by molar-refractivity contribution is 1.16. The van der Waals surface area contributed by atoms with E-state index < -0.39 is 0 Å². The van der Waals surface area contributed by atoms with Crippen molar-refractivity contribution in [2.45, 2.75) is 20.3 Å². The predicted octanol–water partition coefficient (Wildman–Crippen LogP) is 4.64. The second kappa shape index (κ2) is 5.34. The molecule has 3 heteroatoms. The van der Waals surface area contributed by atoms with E-state index in [9.17, 15) is 0 Å². The zero-order chi connectivity index (χ0) is 11.4. The van der Waals surface area contributed by atoms with Gasteiger partial charge in [-0.05, 0) is 30.5 Å². The molecule has 15 heavy (non-hydrogen) atoms. The maximum atomic E-state index is 8.88. The third kappa shape index (κ3) is 2.84. The van der Waals surface area contributed by atoms with Crippen LogP contribution in [0.2, 0.25) is 0 Å². The molecule has 1 aromatic carbocycles.